The summed E-state index contributed by atoms with van der Waals surface area (Å²) in [6.07, 6.45) is 5.74. The van der Waals surface area contributed by atoms with Crippen molar-refractivity contribution >= 4 is 17.9 Å². The molecule has 156 valence electrons. The lowest BCUT2D eigenvalue weighted by molar-refractivity contribution is -0.180. The zero-order valence-electron chi connectivity index (χ0n) is 16.9. The quantitative estimate of drug-likeness (QED) is 0.623. The van der Waals surface area contributed by atoms with Crippen molar-refractivity contribution in [2.24, 2.45) is 5.41 Å². The van der Waals surface area contributed by atoms with Crippen LogP contribution in [0, 0.1) is 5.41 Å². The monoisotopic (exact) mass is 399 g/mol. The van der Waals surface area contributed by atoms with Crippen LogP contribution < -0.4 is 5.32 Å². The molecule has 0 radical (unpaired) electrons. The summed E-state index contributed by atoms with van der Waals surface area (Å²) < 4.78 is 4.55. The minimum atomic E-state index is -0.466. The molecule has 1 aliphatic carbocycles. The first-order valence-corrected chi connectivity index (χ1v) is 10.5. The molecule has 1 spiro atoms. The number of likely N-dealkylation sites (tertiary alicyclic amines) is 2. The van der Waals surface area contributed by atoms with Gasteiger partial charge in [-0.15, -0.1) is 0 Å². The Kier molecular flexibility index (Phi) is 5.48. The van der Waals surface area contributed by atoms with Crippen LogP contribution in [0.4, 0.5) is 4.79 Å². The molecule has 3 fully saturated rings. The average molecular weight is 399 g/mol. The Morgan fingerprint density at radius 3 is 2.41 bits per heavy atom. The van der Waals surface area contributed by atoms with E-state index < -0.39 is 5.97 Å². The van der Waals surface area contributed by atoms with Gasteiger partial charge < -0.3 is 19.9 Å². The molecule has 3 aliphatic rings. The average Bonchev–Trinajstić information content (AvgIpc) is 3.28. The van der Waals surface area contributed by atoms with E-state index in [2.05, 4.69) is 27.1 Å². The Labute approximate surface area is 171 Å². The molecule has 1 aromatic carbocycles. The zero-order valence-corrected chi connectivity index (χ0v) is 16.9. The Morgan fingerprint density at radius 1 is 1.14 bits per heavy atom. The Bertz CT molecular complexity index is 768. The standard InChI is InChI=1S/C22H29N3O4/c1-29-18(26)15-23-21(28)24-13-9-17(10-14-24)25-19(16-7-3-2-4-8-16)22(20(25)27)11-5-6-12-22/h2-4,7-8,17,19H,5-6,9-15H2,1H3,(H,23,28). The second-order valence-corrected chi connectivity index (χ2v) is 8.34. The fourth-order valence-electron chi connectivity index (χ4n) is 5.36. The molecule has 1 N–H and O–H groups in total. The first-order chi connectivity index (χ1) is 14.1. The van der Waals surface area contributed by atoms with Crippen molar-refractivity contribution in [1.29, 1.82) is 0 Å². The van der Waals surface area contributed by atoms with Gasteiger partial charge in [0.25, 0.3) is 0 Å². The van der Waals surface area contributed by atoms with Gasteiger partial charge in [0.05, 0.1) is 18.6 Å². The van der Waals surface area contributed by atoms with E-state index in [4.69, 9.17) is 0 Å². The lowest BCUT2D eigenvalue weighted by atomic mass is 9.65. The molecular formula is C22H29N3O4. The van der Waals surface area contributed by atoms with Crippen LogP contribution in [0.15, 0.2) is 30.3 Å². The number of benzene rings is 1. The van der Waals surface area contributed by atoms with Crippen molar-refractivity contribution < 1.29 is 19.1 Å². The van der Waals surface area contributed by atoms with Crippen molar-refractivity contribution in [2.75, 3.05) is 26.7 Å². The topological polar surface area (TPSA) is 79.0 Å². The van der Waals surface area contributed by atoms with Gasteiger partial charge in [-0.3, -0.25) is 9.59 Å². The predicted octanol–water partition coefficient (Wildman–Crippen LogP) is 2.48. The van der Waals surface area contributed by atoms with E-state index in [-0.39, 0.29) is 30.1 Å². The third-order valence-corrected chi connectivity index (χ3v) is 6.83. The number of rotatable bonds is 4. The maximum absolute atomic E-state index is 13.3. The highest BCUT2D eigenvalue weighted by molar-refractivity contribution is 5.91. The molecule has 3 amide bonds. The normalized spacial score (nSPS) is 23.8. The molecule has 7 nitrogen and oxygen atoms in total. The molecule has 2 aliphatic heterocycles. The number of esters is 1. The number of carbonyl (C=O) groups excluding carboxylic acids is 3. The molecule has 1 saturated carbocycles. The lowest BCUT2D eigenvalue weighted by Crippen LogP contribution is -2.66. The van der Waals surface area contributed by atoms with E-state index in [0.717, 1.165) is 38.5 Å². The van der Waals surface area contributed by atoms with E-state index in [1.54, 1.807) is 4.90 Å². The number of hydrogen-bond donors (Lipinski definition) is 1. The fraction of sp³-hybridized carbons (Fsp3) is 0.591. The van der Waals surface area contributed by atoms with Gasteiger partial charge in [-0.2, -0.15) is 0 Å². The Balaban J connectivity index is 1.42. The number of ether oxygens (including phenoxy) is 1. The van der Waals surface area contributed by atoms with Gasteiger partial charge in [-0.1, -0.05) is 43.2 Å². The minimum absolute atomic E-state index is 0.127. The van der Waals surface area contributed by atoms with Crippen LogP contribution in [0.2, 0.25) is 0 Å². The summed E-state index contributed by atoms with van der Waals surface area (Å²) in [4.78, 5) is 40.6. The molecule has 7 heteroatoms. The number of nitrogens with zero attached hydrogens (tertiary/aromatic N) is 2. The highest BCUT2D eigenvalue weighted by Crippen LogP contribution is 2.60. The molecule has 0 aromatic heterocycles. The molecule has 4 rings (SSSR count). The number of nitrogens with one attached hydrogen (secondary N) is 1. The number of β-lactam (4-membered cyclic amide) rings is 1. The van der Waals surface area contributed by atoms with Crippen molar-refractivity contribution in [3.63, 3.8) is 0 Å². The van der Waals surface area contributed by atoms with E-state index in [1.807, 2.05) is 18.2 Å². The maximum atomic E-state index is 13.3. The molecule has 0 bridgehead atoms. The number of piperidine rings is 1. The van der Waals surface area contributed by atoms with E-state index in [9.17, 15) is 14.4 Å². The zero-order chi connectivity index (χ0) is 20.4. The van der Waals surface area contributed by atoms with Gasteiger partial charge in [0, 0.05) is 19.1 Å². The predicted molar refractivity (Wildman–Crippen MR) is 107 cm³/mol. The fourth-order valence-corrected chi connectivity index (χ4v) is 5.36. The molecule has 1 atom stereocenters. The number of hydrogen-bond acceptors (Lipinski definition) is 4. The van der Waals surface area contributed by atoms with Gasteiger partial charge in [0.1, 0.15) is 6.54 Å². The summed E-state index contributed by atoms with van der Waals surface area (Å²) in [5.74, 6) is -0.163. The maximum Gasteiger partial charge on any atom is 0.325 e. The van der Waals surface area contributed by atoms with Gasteiger partial charge in [0.2, 0.25) is 5.91 Å². The summed E-state index contributed by atoms with van der Waals surface area (Å²) >= 11 is 0. The number of urea groups is 1. The van der Waals surface area contributed by atoms with Crippen molar-refractivity contribution in [3.05, 3.63) is 35.9 Å². The molecule has 1 aromatic rings. The van der Waals surface area contributed by atoms with Crippen LogP contribution >= 0.6 is 0 Å². The third kappa shape index (κ3) is 3.47. The van der Waals surface area contributed by atoms with Crippen LogP contribution in [0.1, 0.15) is 50.1 Å². The van der Waals surface area contributed by atoms with Gasteiger partial charge in [-0.05, 0) is 31.2 Å². The van der Waals surface area contributed by atoms with Crippen LogP contribution in [0.25, 0.3) is 0 Å². The highest BCUT2D eigenvalue weighted by Gasteiger charge is 2.63. The van der Waals surface area contributed by atoms with Crippen molar-refractivity contribution in [3.8, 4) is 0 Å². The smallest absolute Gasteiger partial charge is 0.325 e. The van der Waals surface area contributed by atoms with Crippen molar-refractivity contribution in [2.45, 2.75) is 50.6 Å². The SMILES string of the molecule is COC(=O)CNC(=O)N1CCC(N2C(=O)C3(CCCC3)C2c2ccccc2)CC1. The summed E-state index contributed by atoms with van der Waals surface area (Å²) in [6, 6.07) is 10.4. The molecule has 1 unspecified atom stereocenters. The lowest BCUT2D eigenvalue weighted by Gasteiger charge is -2.59. The molecule has 2 saturated heterocycles. The van der Waals surface area contributed by atoms with E-state index >= 15 is 0 Å². The summed E-state index contributed by atoms with van der Waals surface area (Å²) in [5.41, 5.74) is 1.02. The van der Waals surface area contributed by atoms with Crippen LogP contribution in [-0.2, 0) is 14.3 Å². The highest BCUT2D eigenvalue weighted by atomic mass is 16.5. The number of methoxy groups -OCH3 is 1. The van der Waals surface area contributed by atoms with Crippen LogP contribution in [0.3, 0.4) is 0 Å². The first kappa shape index (κ1) is 19.7. The second-order valence-electron chi connectivity index (χ2n) is 8.34. The summed E-state index contributed by atoms with van der Waals surface area (Å²) in [7, 11) is 1.30. The van der Waals surface area contributed by atoms with Crippen LogP contribution in [-0.4, -0.2) is 60.5 Å². The molecular weight excluding hydrogens is 370 g/mol. The second kappa shape index (κ2) is 8.05. The number of amides is 3. The molecule has 2 heterocycles. The summed E-state index contributed by atoms with van der Waals surface area (Å²) in [5, 5.41) is 2.59. The third-order valence-electron chi connectivity index (χ3n) is 6.83. The van der Waals surface area contributed by atoms with E-state index in [0.29, 0.717) is 19.0 Å². The van der Waals surface area contributed by atoms with Gasteiger partial charge >= 0.3 is 12.0 Å². The van der Waals surface area contributed by atoms with E-state index in [1.165, 1.54) is 12.7 Å². The minimum Gasteiger partial charge on any atom is -0.468 e. The summed E-state index contributed by atoms with van der Waals surface area (Å²) in [6.45, 7) is 1.03. The van der Waals surface area contributed by atoms with Crippen molar-refractivity contribution in [1.82, 2.24) is 15.1 Å². The van der Waals surface area contributed by atoms with Gasteiger partial charge in [-0.25, -0.2) is 4.79 Å². The Hall–Kier alpha value is -2.57. The Morgan fingerprint density at radius 2 is 1.79 bits per heavy atom. The van der Waals surface area contributed by atoms with Gasteiger partial charge in [0.15, 0.2) is 0 Å². The number of carbonyl (C=O) groups is 3. The van der Waals surface area contributed by atoms with Crippen LogP contribution in [0.5, 0.6) is 0 Å². The molecule has 29 heavy (non-hydrogen) atoms. The largest absolute Gasteiger partial charge is 0.468 e. The first-order valence-electron chi connectivity index (χ1n) is 10.5.